The smallest absolute Gasteiger partial charge is 0.336 e. The lowest BCUT2D eigenvalue weighted by molar-refractivity contribution is 0.0724. The number of benzene rings is 2. The molecule has 30 heavy (non-hydrogen) atoms. The maximum atomic E-state index is 12.6. The summed E-state index contributed by atoms with van der Waals surface area (Å²) >= 11 is 5.39. The Morgan fingerprint density at radius 2 is 1.63 bits per heavy atom. The molecule has 4 rings (SSSR count). The summed E-state index contributed by atoms with van der Waals surface area (Å²) in [6, 6.07) is 14.3. The average Bonchev–Trinajstić information content (AvgIpc) is 2.74. The van der Waals surface area contributed by atoms with E-state index in [1.165, 1.54) is 12.5 Å². The van der Waals surface area contributed by atoms with Crippen molar-refractivity contribution in [3.63, 3.8) is 0 Å². The highest BCUT2D eigenvalue weighted by molar-refractivity contribution is 7.80. The Morgan fingerprint density at radius 1 is 0.967 bits per heavy atom. The second kappa shape index (κ2) is 8.67. The fourth-order valence-corrected chi connectivity index (χ4v) is 3.91. The summed E-state index contributed by atoms with van der Waals surface area (Å²) < 4.78 is 5.27. The van der Waals surface area contributed by atoms with Crippen LogP contribution in [0.5, 0.6) is 0 Å². The second-order valence-corrected chi connectivity index (χ2v) is 7.88. The van der Waals surface area contributed by atoms with E-state index in [2.05, 4.69) is 10.6 Å². The lowest BCUT2D eigenvalue weighted by Crippen LogP contribution is -2.35. The number of piperidine rings is 1. The average molecular weight is 422 g/mol. The molecule has 2 heterocycles. The Labute approximate surface area is 179 Å². The summed E-state index contributed by atoms with van der Waals surface area (Å²) in [7, 11) is 0. The second-order valence-electron chi connectivity index (χ2n) is 7.47. The molecule has 1 aliphatic heterocycles. The van der Waals surface area contributed by atoms with E-state index in [9.17, 15) is 9.59 Å². The number of rotatable bonds is 3. The van der Waals surface area contributed by atoms with E-state index < -0.39 is 0 Å². The van der Waals surface area contributed by atoms with Gasteiger partial charge in [0.25, 0.3) is 5.91 Å². The minimum atomic E-state index is -0.378. The molecular formula is C23H23N3O3S. The van der Waals surface area contributed by atoms with Gasteiger partial charge in [-0.05, 0) is 80.4 Å². The van der Waals surface area contributed by atoms with Crippen LogP contribution in [0.15, 0.2) is 57.7 Å². The van der Waals surface area contributed by atoms with Gasteiger partial charge in [-0.1, -0.05) is 0 Å². The van der Waals surface area contributed by atoms with Gasteiger partial charge >= 0.3 is 5.63 Å². The van der Waals surface area contributed by atoms with Crippen LogP contribution in [0.2, 0.25) is 0 Å². The molecule has 6 nitrogen and oxygen atoms in total. The third-order valence-corrected chi connectivity index (χ3v) is 5.45. The lowest BCUT2D eigenvalue weighted by Gasteiger charge is -2.26. The Bertz CT molecular complexity index is 1150. The van der Waals surface area contributed by atoms with E-state index in [0.29, 0.717) is 21.9 Å². The quantitative estimate of drug-likeness (QED) is 0.478. The van der Waals surface area contributed by atoms with Crippen LogP contribution in [-0.2, 0) is 0 Å². The van der Waals surface area contributed by atoms with Gasteiger partial charge in [0, 0.05) is 47.5 Å². The predicted molar refractivity (Wildman–Crippen MR) is 123 cm³/mol. The Hall–Kier alpha value is -3.19. The molecule has 1 aliphatic rings. The molecule has 1 saturated heterocycles. The number of hydrogen-bond acceptors (Lipinski definition) is 4. The molecule has 154 valence electrons. The first kappa shape index (κ1) is 20.1. The fraction of sp³-hybridized carbons (Fsp3) is 0.261. The number of aryl methyl sites for hydroxylation is 1. The molecule has 1 fully saturated rings. The molecular weight excluding hydrogens is 398 g/mol. The topological polar surface area (TPSA) is 74.6 Å². The van der Waals surface area contributed by atoms with Crippen LogP contribution in [0.3, 0.4) is 0 Å². The number of amides is 1. The van der Waals surface area contributed by atoms with Crippen molar-refractivity contribution in [3.05, 3.63) is 70.1 Å². The molecule has 2 N–H and O–H groups in total. The molecule has 0 bridgehead atoms. The van der Waals surface area contributed by atoms with Gasteiger partial charge in [-0.3, -0.25) is 4.79 Å². The molecule has 0 spiro atoms. The van der Waals surface area contributed by atoms with Gasteiger partial charge in [-0.25, -0.2) is 4.79 Å². The Kier molecular flexibility index (Phi) is 5.81. The predicted octanol–water partition coefficient (Wildman–Crippen LogP) is 4.54. The molecule has 1 amide bonds. The number of hydrogen-bond donors (Lipinski definition) is 2. The highest BCUT2D eigenvalue weighted by Gasteiger charge is 2.17. The number of nitrogens with zero attached hydrogens (tertiary/aromatic N) is 1. The largest absolute Gasteiger partial charge is 0.423 e. The SMILES string of the molecule is Cc1cc(=O)oc2cc(NC(=S)Nc3ccc(C(=O)N4CCCCC4)cc3)ccc12. The summed E-state index contributed by atoms with van der Waals surface area (Å²) in [6.45, 7) is 3.54. The van der Waals surface area contributed by atoms with Gasteiger partial charge in [0.2, 0.25) is 0 Å². The maximum Gasteiger partial charge on any atom is 0.336 e. The standard InChI is InChI=1S/C23H23N3O3S/c1-15-13-21(27)29-20-14-18(9-10-19(15)20)25-23(30)24-17-7-5-16(6-8-17)22(28)26-11-3-2-4-12-26/h5-10,13-14H,2-4,11-12H2,1H3,(H2,24,25,30). The minimum absolute atomic E-state index is 0.0786. The number of fused-ring (bicyclic) bond motifs is 1. The first-order valence-electron chi connectivity index (χ1n) is 10.0. The van der Waals surface area contributed by atoms with E-state index in [1.807, 2.05) is 48.2 Å². The molecule has 1 aromatic heterocycles. The van der Waals surface area contributed by atoms with Crippen LogP contribution in [0.25, 0.3) is 11.0 Å². The van der Waals surface area contributed by atoms with Crippen molar-refractivity contribution in [3.8, 4) is 0 Å². The van der Waals surface area contributed by atoms with Crippen LogP contribution in [-0.4, -0.2) is 29.0 Å². The Morgan fingerprint density at radius 3 is 2.37 bits per heavy atom. The molecule has 3 aromatic rings. The molecule has 0 radical (unpaired) electrons. The van der Waals surface area contributed by atoms with Crippen molar-refractivity contribution in [2.45, 2.75) is 26.2 Å². The van der Waals surface area contributed by atoms with Gasteiger partial charge in [-0.15, -0.1) is 0 Å². The fourth-order valence-electron chi connectivity index (χ4n) is 3.67. The summed E-state index contributed by atoms with van der Waals surface area (Å²) in [5.41, 5.74) is 3.18. The number of carbonyl (C=O) groups excluding carboxylic acids is 1. The van der Waals surface area contributed by atoms with Gasteiger partial charge < -0.3 is 20.0 Å². The lowest BCUT2D eigenvalue weighted by atomic mass is 10.1. The van der Waals surface area contributed by atoms with Crippen LogP contribution in [0, 0.1) is 6.92 Å². The molecule has 0 saturated carbocycles. The highest BCUT2D eigenvalue weighted by Crippen LogP contribution is 2.21. The van der Waals surface area contributed by atoms with E-state index in [-0.39, 0.29) is 11.5 Å². The monoisotopic (exact) mass is 421 g/mol. The van der Waals surface area contributed by atoms with Crippen LogP contribution >= 0.6 is 12.2 Å². The maximum absolute atomic E-state index is 12.6. The third kappa shape index (κ3) is 4.52. The van der Waals surface area contributed by atoms with Gasteiger partial charge in [0.1, 0.15) is 5.58 Å². The van der Waals surface area contributed by atoms with Crippen molar-refractivity contribution < 1.29 is 9.21 Å². The Balaban J connectivity index is 1.41. The van der Waals surface area contributed by atoms with Crippen molar-refractivity contribution in [2.75, 3.05) is 23.7 Å². The number of carbonyl (C=O) groups is 1. The van der Waals surface area contributed by atoms with E-state index in [4.69, 9.17) is 16.6 Å². The van der Waals surface area contributed by atoms with Gasteiger partial charge in [0.05, 0.1) is 0 Å². The first-order chi connectivity index (χ1) is 14.5. The summed E-state index contributed by atoms with van der Waals surface area (Å²) in [6.07, 6.45) is 3.34. The summed E-state index contributed by atoms with van der Waals surface area (Å²) in [5, 5.41) is 7.49. The van der Waals surface area contributed by atoms with Crippen LogP contribution in [0.4, 0.5) is 11.4 Å². The van der Waals surface area contributed by atoms with Crippen molar-refractivity contribution in [1.29, 1.82) is 0 Å². The van der Waals surface area contributed by atoms with Crippen LogP contribution < -0.4 is 16.3 Å². The van der Waals surface area contributed by atoms with Gasteiger partial charge in [0.15, 0.2) is 5.11 Å². The van der Waals surface area contributed by atoms with Crippen LogP contribution in [0.1, 0.15) is 35.2 Å². The normalized spacial score (nSPS) is 13.8. The zero-order chi connectivity index (χ0) is 21.1. The third-order valence-electron chi connectivity index (χ3n) is 5.24. The van der Waals surface area contributed by atoms with E-state index in [0.717, 1.165) is 42.6 Å². The zero-order valence-corrected chi connectivity index (χ0v) is 17.6. The number of nitrogens with one attached hydrogen (secondary N) is 2. The molecule has 2 aromatic carbocycles. The summed E-state index contributed by atoms with van der Waals surface area (Å²) in [4.78, 5) is 26.1. The zero-order valence-electron chi connectivity index (χ0n) is 16.7. The van der Waals surface area contributed by atoms with Crippen molar-refractivity contribution in [1.82, 2.24) is 4.90 Å². The van der Waals surface area contributed by atoms with Crippen molar-refractivity contribution >= 4 is 45.6 Å². The highest BCUT2D eigenvalue weighted by atomic mass is 32.1. The van der Waals surface area contributed by atoms with E-state index in [1.54, 1.807) is 6.07 Å². The van der Waals surface area contributed by atoms with Gasteiger partial charge in [-0.2, -0.15) is 0 Å². The minimum Gasteiger partial charge on any atom is -0.423 e. The molecule has 0 aliphatic carbocycles. The first-order valence-corrected chi connectivity index (χ1v) is 10.4. The van der Waals surface area contributed by atoms with Crippen molar-refractivity contribution in [2.24, 2.45) is 0 Å². The molecule has 0 atom stereocenters. The molecule has 0 unspecified atom stereocenters. The molecule has 7 heteroatoms. The van der Waals surface area contributed by atoms with E-state index >= 15 is 0 Å². The number of anilines is 2. The number of likely N-dealkylation sites (tertiary alicyclic amines) is 1. The summed E-state index contributed by atoms with van der Waals surface area (Å²) in [5.74, 6) is 0.0786. The number of thiocarbonyl (C=S) groups is 1.